The summed E-state index contributed by atoms with van der Waals surface area (Å²) in [5.74, 6) is 0.386. The Morgan fingerprint density at radius 1 is 1.00 bits per heavy atom. The normalized spacial score (nSPS) is 15.7. The Bertz CT molecular complexity index is 922. The fourth-order valence-corrected chi connectivity index (χ4v) is 4.07. The number of ether oxygens (including phenoxy) is 1. The van der Waals surface area contributed by atoms with Crippen LogP contribution in [0.25, 0.3) is 6.08 Å². The van der Waals surface area contributed by atoms with Crippen LogP contribution in [0.15, 0.2) is 60.0 Å². The molecule has 28 heavy (non-hydrogen) atoms. The Labute approximate surface area is 170 Å². The molecular weight excluding hydrogens is 400 g/mol. The van der Waals surface area contributed by atoms with Crippen molar-refractivity contribution in [2.45, 2.75) is 0 Å². The van der Waals surface area contributed by atoms with E-state index in [-0.39, 0.29) is 25.6 Å². The van der Waals surface area contributed by atoms with E-state index in [4.69, 9.17) is 16.3 Å². The van der Waals surface area contributed by atoms with Gasteiger partial charge in [0.25, 0.3) is 5.91 Å². The molecule has 3 rings (SSSR count). The topological polar surface area (TPSA) is 66.9 Å². The van der Waals surface area contributed by atoms with Gasteiger partial charge in [-0.1, -0.05) is 41.9 Å². The lowest BCUT2D eigenvalue weighted by Gasteiger charge is -2.33. The van der Waals surface area contributed by atoms with E-state index in [9.17, 15) is 13.2 Å². The predicted molar refractivity (Wildman–Crippen MR) is 109 cm³/mol. The number of carbonyl (C=O) groups is 1. The highest BCUT2D eigenvalue weighted by Crippen LogP contribution is 2.16. The molecule has 6 nitrogen and oxygen atoms in total. The number of carbonyl (C=O) groups excluding carboxylic acids is 1. The van der Waals surface area contributed by atoms with Crippen LogP contribution in [-0.2, 0) is 14.8 Å². The SMILES string of the molecule is O=C(COc1ccc(Cl)cc1)N1CCN(S(=O)(=O)C=Cc2ccccc2)CC1. The fraction of sp³-hybridized carbons (Fsp3) is 0.250. The first-order valence-corrected chi connectivity index (χ1v) is 10.7. The van der Waals surface area contributed by atoms with Gasteiger partial charge in [-0.3, -0.25) is 4.79 Å². The van der Waals surface area contributed by atoms with Gasteiger partial charge in [0.05, 0.1) is 0 Å². The van der Waals surface area contributed by atoms with Crippen molar-refractivity contribution in [3.05, 3.63) is 70.6 Å². The number of nitrogens with zero attached hydrogens (tertiary/aromatic N) is 2. The van der Waals surface area contributed by atoms with Crippen molar-refractivity contribution in [1.82, 2.24) is 9.21 Å². The second kappa shape index (κ2) is 9.23. The van der Waals surface area contributed by atoms with E-state index in [0.717, 1.165) is 5.56 Å². The van der Waals surface area contributed by atoms with Gasteiger partial charge >= 0.3 is 0 Å². The highest BCUT2D eigenvalue weighted by atomic mass is 35.5. The lowest BCUT2D eigenvalue weighted by molar-refractivity contribution is -0.134. The second-order valence-electron chi connectivity index (χ2n) is 6.28. The molecule has 0 N–H and O–H groups in total. The number of benzene rings is 2. The molecule has 1 fully saturated rings. The summed E-state index contributed by atoms with van der Waals surface area (Å²) in [4.78, 5) is 13.9. The van der Waals surface area contributed by atoms with Crippen molar-refractivity contribution in [2.24, 2.45) is 0 Å². The standard InChI is InChI=1S/C20H21ClN2O4S/c21-18-6-8-19(9-7-18)27-16-20(24)22-11-13-23(14-12-22)28(25,26)15-10-17-4-2-1-3-5-17/h1-10,15H,11-14,16H2. The third-order valence-electron chi connectivity index (χ3n) is 4.36. The first-order chi connectivity index (χ1) is 13.4. The molecule has 2 aromatic carbocycles. The zero-order valence-electron chi connectivity index (χ0n) is 15.2. The Morgan fingerprint density at radius 2 is 1.64 bits per heavy atom. The molecular formula is C20H21ClN2O4S. The number of piperazine rings is 1. The third kappa shape index (κ3) is 5.58. The number of hydrogen-bond donors (Lipinski definition) is 0. The molecule has 0 atom stereocenters. The van der Waals surface area contributed by atoms with Crippen molar-refractivity contribution in [3.8, 4) is 5.75 Å². The van der Waals surface area contributed by atoms with E-state index < -0.39 is 10.0 Å². The van der Waals surface area contributed by atoms with Crippen molar-refractivity contribution in [2.75, 3.05) is 32.8 Å². The molecule has 0 saturated carbocycles. The molecule has 0 radical (unpaired) electrons. The van der Waals surface area contributed by atoms with Crippen LogP contribution in [0.4, 0.5) is 0 Å². The van der Waals surface area contributed by atoms with Gasteiger partial charge in [0.15, 0.2) is 6.61 Å². The molecule has 148 valence electrons. The fourth-order valence-electron chi connectivity index (χ4n) is 2.77. The third-order valence-corrected chi connectivity index (χ3v) is 6.18. The molecule has 1 aliphatic rings. The van der Waals surface area contributed by atoms with Gasteiger partial charge in [-0.15, -0.1) is 0 Å². The Balaban J connectivity index is 1.49. The summed E-state index contributed by atoms with van der Waals surface area (Å²) < 4.78 is 31.8. The molecule has 0 spiro atoms. The Kier molecular flexibility index (Phi) is 6.72. The summed E-state index contributed by atoms with van der Waals surface area (Å²) in [5.41, 5.74) is 0.819. The summed E-state index contributed by atoms with van der Waals surface area (Å²) in [7, 11) is -3.52. The van der Waals surface area contributed by atoms with Crippen molar-refractivity contribution < 1.29 is 17.9 Å². The van der Waals surface area contributed by atoms with Crippen LogP contribution in [0, 0.1) is 0 Å². The Hall–Kier alpha value is -2.35. The summed E-state index contributed by atoms with van der Waals surface area (Å²) in [6.07, 6.45) is 1.58. The minimum Gasteiger partial charge on any atom is -0.484 e. The lowest BCUT2D eigenvalue weighted by Crippen LogP contribution is -2.51. The largest absolute Gasteiger partial charge is 0.484 e. The van der Waals surface area contributed by atoms with E-state index in [1.807, 2.05) is 30.3 Å². The summed E-state index contributed by atoms with van der Waals surface area (Å²) in [6.45, 7) is 1.09. The molecule has 0 aromatic heterocycles. The number of amides is 1. The monoisotopic (exact) mass is 420 g/mol. The maximum atomic E-state index is 12.5. The first kappa shape index (κ1) is 20.4. The van der Waals surface area contributed by atoms with Crippen LogP contribution in [-0.4, -0.2) is 56.3 Å². The van der Waals surface area contributed by atoms with Gasteiger partial charge in [-0.05, 0) is 35.9 Å². The maximum Gasteiger partial charge on any atom is 0.260 e. The van der Waals surface area contributed by atoms with Crippen molar-refractivity contribution in [3.63, 3.8) is 0 Å². The van der Waals surface area contributed by atoms with Gasteiger partial charge in [0.1, 0.15) is 5.75 Å². The van der Waals surface area contributed by atoms with Gasteiger partial charge in [0, 0.05) is 36.6 Å². The molecule has 1 amide bonds. The number of rotatable bonds is 6. The van der Waals surface area contributed by atoms with E-state index in [2.05, 4.69) is 0 Å². The predicted octanol–water partition coefficient (Wildman–Crippen LogP) is 2.86. The highest BCUT2D eigenvalue weighted by molar-refractivity contribution is 7.92. The molecule has 2 aromatic rings. The zero-order valence-corrected chi connectivity index (χ0v) is 16.8. The second-order valence-corrected chi connectivity index (χ2v) is 8.54. The summed E-state index contributed by atoms with van der Waals surface area (Å²) in [6, 6.07) is 16.0. The van der Waals surface area contributed by atoms with Gasteiger partial charge in [-0.2, -0.15) is 4.31 Å². The van der Waals surface area contributed by atoms with Crippen LogP contribution in [0.3, 0.4) is 0 Å². The maximum absolute atomic E-state index is 12.5. The van der Waals surface area contributed by atoms with E-state index in [1.165, 1.54) is 9.71 Å². The molecule has 1 heterocycles. The van der Waals surface area contributed by atoms with Gasteiger partial charge in [0.2, 0.25) is 10.0 Å². The number of halogens is 1. The number of sulfonamides is 1. The molecule has 1 aliphatic heterocycles. The first-order valence-electron chi connectivity index (χ1n) is 8.83. The van der Waals surface area contributed by atoms with Crippen LogP contribution in [0.5, 0.6) is 5.75 Å². The van der Waals surface area contributed by atoms with Crippen molar-refractivity contribution >= 4 is 33.6 Å². The molecule has 1 saturated heterocycles. The van der Waals surface area contributed by atoms with Crippen LogP contribution in [0.1, 0.15) is 5.56 Å². The van der Waals surface area contributed by atoms with Gasteiger partial charge < -0.3 is 9.64 Å². The average Bonchev–Trinajstić information content (AvgIpc) is 2.72. The quantitative estimate of drug-likeness (QED) is 0.720. The Morgan fingerprint density at radius 3 is 2.29 bits per heavy atom. The van der Waals surface area contributed by atoms with E-state index in [0.29, 0.717) is 23.9 Å². The minimum atomic E-state index is -3.52. The molecule has 0 aliphatic carbocycles. The van der Waals surface area contributed by atoms with E-state index in [1.54, 1.807) is 35.2 Å². The lowest BCUT2D eigenvalue weighted by atomic mass is 10.2. The molecule has 0 bridgehead atoms. The number of hydrogen-bond acceptors (Lipinski definition) is 4. The van der Waals surface area contributed by atoms with Gasteiger partial charge in [-0.25, -0.2) is 8.42 Å². The minimum absolute atomic E-state index is 0.0949. The van der Waals surface area contributed by atoms with Crippen LogP contribution < -0.4 is 4.74 Å². The smallest absolute Gasteiger partial charge is 0.260 e. The summed E-state index contributed by atoms with van der Waals surface area (Å²) in [5, 5.41) is 1.81. The van der Waals surface area contributed by atoms with E-state index >= 15 is 0 Å². The molecule has 8 heteroatoms. The zero-order chi connectivity index (χ0) is 20.0. The molecule has 0 unspecified atom stereocenters. The highest BCUT2D eigenvalue weighted by Gasteiger charge is 2.27. The summed E-state index contributed by atoms with van der Waals surface area (Å²) >= 11 is 5.81. The average molecular weight is 421 g/mol. The van der Waals surface area contributed by atoms with Crippen LogP contribution in [0.2, 0.25) is 5.02 Å². The van der Waals surface area contributed by atoms with Crippen LogP contribution >= 0.6 is 11.6 Å². The van der Waals surface area contributed by atoms with Crippen molar-refractivity contribution in [1.29, 1.82) is 0 Å².